The van der Waals surface area contributed by atoms with Crippen LogP contribution in [0, 0.1) is 0 Å². The van der Waals surface area contributed by atoms with Gasteiger partial charge in [-0.25, -0.2) is 0 Å². The molecule has 1 amide bonds. The molecule has 0 fully saturated rings. The first-order valence-electron chi connectivity index (χ1n) is 4.27. The van der Waals surface area contributed by atoms with Crippen molar-refractivity contribution in [1.82, 2.24) is 0 Å². The highest BCUT2D eigenvalue weighted by molar-refractivity contribution is 7.99. The SMILES string of the molecule is C=C(C)CSc1ccccc1C(N)=O. The molecule has 0 aliphatic heterocycles. The highest BCUT2D eigenvalue weighted by Crippen LogP contribution is 2.23. The Labute approximate surface area is 88.2 Å². The lowest BCUT2D eigenvalue weighted by molar-refractivity contribution is 0.0997. The minimum atomic E-state index is -0.380. The lowest BCUT2D eigenvalue weighted by Crippen LogP contribution is -2.12. The molecule has 0 radical (unpaired) electrons. The highest BCUT2D eigenvalue weighted by atomic mass is 32.2. The van der Waals surface area contributed by atoms with E-state index in [1.807, 2.05) is 25.1 Å². The van der Waals surface area contributed by atoms with Crippen molar-refractivity contribution in [1.29, 1.82) is 0 Å². The zero-order chi connectivity index (χ0) is 10.6. The van der Waals surface area contributed by atoms with Crippen LogP contribution in [0.4, 0.5) is 0 Å². The molecule has 14 heavy (non-hydrogen) atoms. The molecule has 0 heterocycles. The maximum atomic E-state index is 11.1. The van der Waals surface area contributed by atoms with E-state index in [2.05, 4.69) is 6.58 Å². The van der Waals surface area contributed by atoms with Gasteiger partial charge in [-0.15, -0.1) is 11.8 Å². The molecule has 1 aromatic rings. The van der Waals surface area contributed by atoms with Crippen LogP contribution in [0.3, 0.4) is 0 Å². The van der Waals surface area contributed by atoms with Crippen molar-refractivity contribution in [3.8, 4) is 0 Å². The Hall–Kier alpha value is -1.22. The van der Waals surface area contributed by atoms with Crippen LogP contribution < -0.4 is 5.73 Å². The molecular weight excluding hydrogens is 194 g/mol. The molecule has 0 saturated carbocycles. The quantitative estimate of drug-likeness (QED) is 0.608. The van der Waals surface area contributed by atoms with E-state index in [4.69, 9.17) is 5.73 Å². The monoisotopic (exact) mass is 207 g/mol. The molecule has 0 saturated heterocycles. The Morgan fingerprint density at radius 2 is 2.14 bits per heavy atom. The van der Waals surface area contributed by atoms with Crippen molar-refractivity contribution in [3.63, 3.8) is 0 Å². The number of thioether (sulfide) groups is 1. The van der Waals surface area contributed by atoms with Gasteiger partial charge in [0.15, 0.2) is 0 Å². The molecule has 2 nitrogen and oxygen atoms in total. The molecule has 0 aliphatic rings. The van der Waals surface area contributed by atoms with E-state index in [1.165, 1.54) is 0 Å². The standard InChI is InChI=1S/C11H13NOS/c1-8(2)7-14-10-6-4-3-5-9(10)11(12)13/h3-6H,1,7H2,2H3,(H2,12,13). The topological polar surface area (TPSA) is 43.1 Å². The van der Waals surface area contributed by atoms with Crippen LogP contribution >= 0.6 is 11.8 Å². The molecule has 0 unspecified atom stereocenters. The van der Waals surface area contributed by atoms with E-state index < -0.39 is 0 Å². The molecule has 0 aliphatic carbocycles. The lowest BCUT2D eigenvalue weighted by atomic mass is 10.2. The Bertz CT molecular complexity index is 360. The average molecular weight is 207 g/mol. The first kappa shape index (κ1) is 10.9. The van der Waals surface area contributed by atoms with Crippen LogP contribution in [0.2, 0.25) is 0 Å². The summed E-state index contributed by atoms with van der Waals surface area (Å²) in [6, 6.07) is 7.34. The first-order chi connectivity index (χ1) is 6.61. The van der Waals surface area contributed by atoms with Gasteiger partial charge in [0.05, 0.1) is 5.56 Å². The van der Waals surface area contributed by atoms with Gasteiger partial charge in [0.1, 0.15) is 0 Å². The van der Waals surface area contributed by atoms with Crippen molar-refractivity contribution >= 4 is 17.7 Å². The van der Waals surface area contributed by atoms with Crippen LogP contribution in [0.15, 0.2) is 41.3 Å². The van der Waals surface area contributed by atoms with Crippen molar-refractivity contribution < 1.29 is 4.79 Å². The minimum Gasteiger partial charge on any atom is -0.366 e. The maximum Gasteiger partial charge on any atom is 0.249 e. The molecule has 2 N–H and O–H groups in total. The van der Waals surface area contributed by atoms with Crippen LogP contribution in [0.25, 0.3) is 0 Å². The van der Waals surface area contributed by atoms with E-state index in [1.54, 1.807) is 17.8 Å². The number of hydrogen-bond donors (Lipinski definition) is 1. The van der Waals surface area contributed by atoms with E-state index in [-0.39, 0.29) is 5.91 Å². The van der Waals surface area contributed by atoms with Crippen molar-refractivity contribution in [2.45, 2.75) is 11.8 Å². The van der Waals surface area contributed by atoms with E-state index in [9.17, 15) is 4.79 Å². The van der Waals surface area contributed by atoms with Gasteiger partial charge in [-0.3, -0.25) is 4.79 Å². The summed E-state index contributed by atoms with van der Waals surface area (Å²) in [5.41, 5.74) is 6.91. The summed E-state index contributed by atoms with van der Waals surface area (Å²) >= 11 is 1.58. The molecule has 0 spiro atoms. The smallest absolute Gasteiger partial charge is 0.249 e. The molecule has 3 heteroatoms. The number of benzene rings is 1. The minimum absolute atomic E-state index is 0.380. The Kier molecular flexibility index (Phi) is 3.77. The van der Waals surface area contributed by atoms with E-state index >= 15 is 0 Å². The summed E-state index contributed by atoms with van der Waals surface area (Å²) in [5, 5.41) is 0. The summed E-state index contributed by atoms with van der Waals surface area (Å²) in [6.07, 6.45) is 0. The molecule has 0 atom stereocenters. The normalized spacial score (nSPS) is 9.79. The molecule has 1 aromatic carbocycles. The second-order valence-electron chi connectivity index (χ2n) is 3.11. The number of nitrogens with two attached hydrogens (primary N) is 1. The second kappa shape index (κ2) is 4.86. The number of primary amides is 1. The highest BCUT2D eigenvalue weighted by Gasteiger charge is 2.06. The third kappa shape index (κ3) is 2.92. The second-order valence-corrected chi connectivity index (χ2v) is 4.12. The zero-order valence-electron chi connectivity index (χ0n) is 8.12. The number of rotatable bonds is 4. The molecule has 74 valence electrons. The summed E-state index contributed by atoms with van der Waals surface area (Å²) in [4.78, 5) is 12.0. The van der Waals surface area contributed by atoms with Crippen molar-refractivity contribution in [3.05, 3.63) is 42.0 Å². The summed E-state index contributed by atoms with van der Waals surface area (Å²) in [6.45, 7) is 5.77. The predicted molar refractivity (Wildman–Crippen MR) is 60.5 cm³/mol. The number of hydrogen-bond acceptors (Lipinski definition) is 2. The largest absolute Gasteiger partial charge is 0.366 e. The van der Waals surface area contributed by atoms with Gasteiger partial charge in [-0.05, 0) is 19.1 Å². The molecular formula is C11H13NOS. The number of amides is 1. The maximum absolute atomic E-state index is 11.1. The fourth-order valence-corrected chi connectivity index (χ4v) is 1.90. The summed E-state index contributed by atoms with van der Waals surface area (Å²) in [7, 11) is 0. The molecule has 0 bridgehead atoms. The Morgan fingerprint density at radius 3 is 2.71 bits per heavy atom. The summed E-state index contributed by atoms with van der Waals surface area (Å²) < 4.78 is 0. The lowest BCUT2D eigenvalue weighted by Gasteiger charge is -2.05. The fourth-order valence-electron chi connectivity index (χ4n) is 0.997. The molecule has 1 rings (SSSR count). The van der Waals surface area contributed by atoms with Crippen LogP contribution in [0.5, 0.6) is 0 Å². The number of carbonyl (C=O) groups excluding carboxylic acids is 1. The van der Waals surface area contributed by atoms with Gasteiger partial charge in [0, 0.05) is 10.6 Å². The summed E-state index contributed by atoms with van der Waals surface area (Å²) in [5.74, 6) is 0.430. The van der Waals surface area contributed by atoms with Gasteiger partial charge in [0.25, 0.3) is 0 Å². The van der Waals surface area contributed by atoms with E-state index in [0.717, 1.165) is 16.2 Å². The third-order valence-electron chi connectivity index (χ3n) is 1.63. The fraction of sp³-hybridized carbons (Fsp3) is 0.182. The van der Waals surface area contributed by atoms with Crippen LogP contribution in [0.1, 0.15) is 17.3 Å². The van der Waals surface area contributed by atoms with Crippen molar-refractivity contribution in [2.24, 2.45) is 5.73 Å². The van der Waals surface area contributed by atoms with Gasteiger partial charge < -0.3 is 5.73 Å². The number of carbonyl (C=O) groups is 1. The average Bonchev–Trinajstić information content (AvgIpc) is 2.15. The van der Waals surface area contributed by atoms with Gasteiger partial charge in [-0.1, -0.05) is 24.3 Å². The van der Waals surface area contributed by atoms with Crippen LogP contribution in [-0.2, 0) is 0 Å². The first-order valence-corrected chi connectivity index (χ1v) is 5.26. The third-order valence-corrected chi connectivity index (χ3v) is 2.93. The zero-order valence-corrected chi connectivity index (χ0v) is 8.93. The van der Waals surface area contributed by atoms with Crippen molar-refractivity contribution in [2.75, 3.05) is 5.75 Å². The Balaban J connectivity index is 2.84. The van der Waals surface area contributed by atoms with E-state index in [0.29, 0.717) is 5.56 Å². The van der Waals surface area contributed by atoms with Gasteiger partial charge in [-0.2, -0.15) is 0 Å². The molecule has 0 aromatic heterocycles. The van der Waals surface area contributed by atoms with Gasteiger partial charge in [0.2, 0.25) is 5.91 Å². The predicted octanol–water partition coefficient (Wildman–Crippen LogP) is 2.45. The van der Waals surface area contributed by atoms with Gasteiger partial charge >= 0.3 is 0 Å². The Morgan fingerprint density at radius 1 is 1.50 bits per heavy atom. The van der Waals surface area contributed by atoms with Crippen LogP contribution in [-0.4, -0.2) is 11.7 Å².